The van der Waals surface area contributed by atoms with E-state index in [9.17, 15) is 18.4 Å². The Labute approximate surface area is 195 Å². The molecule has 0 unspecified atom stereocenters. The van der Waals surface area contributed by atoms with Gasteiger partial charge >= 0.3 is 0 Å². The van der Waals surface area contributed by atoms with E-state index in [1.807, 2.05) is 6.92 Å². The molecular formula is C24H25F2N5O3. The number of nitrogens with zero attached hydrogens (tertiary/aromatic N) is 3. The molecule has 2 N–H and O–H groups in total. The number of hydrogen-bond donors (Lipinski definition) is 2. The van der Waals surface area contributed by atoms with Crippen molar-refractivity contribution in [1.29, 1.82) is 0 Å². The quantitative estimate of drug-likeness (QED) is 0.600. The van der Waals surface area contributed by atoms with Crippen molar-refractivity contribution in [3.63, 3.8) is 0 Å². The van der Waals surface area contributed by atoms with Gasteiger partial charge in [-0.15, -0.1) is 0 Å². The molecule has 1 aliphatic rings. The Balaban J connectivity index is 1.53. The highest BCUT2D eigenvalue weighted by Gasteiger charge is 2.22. The highest BCUT2D eigenvalue weighted by Crippen LogP contribution is 2.30. The van der Waals surface area contributed by atoms with E-state index in [1.54, 1.807) is 30.1 Å². The number of anilines is 1. The third kappa shape index (κ3) is 4.36. The first kappa shape index (κ1) is 23.4. The molecule has 2 aromatic carbocycles. The maximum Gasteiger partial charge on any atom is 0.291 e. The lowest BCUT2D eigenvalue weighted by Gasteiger charge is -2.28. The van der Waals surface area contributed by atoms with Crippen LogP contribution < -0.4 is 15.4 Å². The average molecular weight is 469 g/mol. The summed E-state index contributed by atoms with van der Waals surface area (Å²) in [5, 5.41) is 5.96. The smallest absolute Gasteiger partial charge is 0.291 e. The number of imidazole rings is 1. The SMILES string of the molecule is COc1ccc(-c2cnc(C(=O)Nc3ccc(C(=O)N4CCNCC4)c(C)c3)n2C)c(F)c1F. The minimum Gasteiger partial charge on any atom is -0.494 e. The van der Waals surface area contributed by atoms with Crippen molar-refractivity contribution >= 4 is 17.5 Å². The van der Waals surface area contributed by atoms with Crippen molar-refractivity contribution in [2.75, 3.05) is 38.6 Å². The van der Waals surface area contributed by atoms with E-state index >= 15 is 0 Å². The standard InChI is InChI=1S/C24H25F2N5O3/c1-14-12-15(4-5-16(14)24(33)31-10-8-27-9-11-31)29-23(32)22-28-13-18(30(22)2)17-6-7-19(34-3)21(26)20(17)25/h4-7,12-13,27H,8-11H2,1-3H3,(H,29,32). The van der Waals surface area contributed by atoms with Crippen LogP contribution >= 0.6 is 0 Å². The molecule has 3 aromatic rings. The third-order valence-electron chi connectivity index (χ3n) is 5.85. The predicted octanol–water partition coefficient (Wildman–Crippen LogP) is 2.98. The molecule has 34 heavy (non-hydrogen) atoms. The number of rotatable bonds is 5. The van der Waals surface area contributed by atoms with Crippen LogP contribution in [0.1, 0.15) is 26.5 Å². The first-order valence-electron chi connectivity index (χ1n) is 10.8. The lowest BCUT2D eigenvalue weighted by Crippen LogP contribution is -2.46. The Bertz CT molecular complexity index is 1250. The summed E-state index contributed by atoms with van der Waals surface area (Å²) in [6.45, 7) is 4.63. The molecule has 2 heterocycles. The molecule has 4 rings (SSSR count). The van der Waals surface area contributed by atoms with Crippen molar-refractivity contribution < 1.29 is 23.1 Å². The monoisotopic (exact) mass is 469 g/mol. The molecule has 0 atom stereocenters. The van der Waals surface area contributed by atoms with Crippen molar-refractivity contribution in [2.45, 2.75) is 6.92 Å². The van der Waals surface area contributed by atoms with E-state index in [4.69, 9.17) is 4.74 Å². The van der Waals surface area contributed by atoms with Crippen molar-refractivity contribution in [3.8, 4) is 17.0 Å². The van der Waals surface area contributed by atoms with E-state index in [2.05, 4.69) is 15.6 Å². The number of carbonyl (C=O) groups excluding carboxylic acids is 2. The summed E-state index contributed by atoms with van der Waals surface area (Å²) in [4.78, 5) is 31.5. The van der Waals surface area contributed by atoms with Crippen LogP contribution in [0.15, 0.2) is 36.5 Å². The second kappa shape index (κ2) is 9.60. The van der Waals surface area contributed by atoms with Gasteiger partial charge in [0.25, 0.3) is 11.8 Å². The maximum atomic E-state index is 14.5. The summed E-state index contributed by atoms with van der Waals surface area (Å²) in [7, 11) is 2.79. The number of benzene rings is 2. The zero-order chi connectivity index (χ0) is 24.4. The first-order valence-corrected chi connectivity index (χ1v) is 10.8. The molecule has 178 valence electrons. The summed E-state index contributed by atoms with van der Waals surface area (Å²) < 4.78 is 34.8. The molecule has 8 nitrogen and oxygen atoms in total. The summed E-state index contributed by atoms with van der Waals surface area (Å²) >= 11 is 0. The first-order chi connectivity index (χ1) is 16.3. The van der Waals surface area contributed by atoms with Crippen LogP contribution in [0.4, 0.5) is 14.5 Å². The fraction of sp³-hybridized carbons (Fsp3) is 0.292. The minimum absolute atomic E-state index is 0.0178. The molecular weight excluding hydrogens is 444 g/mol. The Morgan fingerprint density at radius 2 is 1.85 bits per heavy atom. The van der Waals surface area contributed by atoms with E-state index in [-0.39, 0.29) is 28.7 Å². The van der Waals surface area contributed by atoms with Gasteiger partial charge in [0.15, 0.2) is 17.4 Å². The number of methoxy groups -OCH3 is 1. The molecule has 0 radical (unpaired) electrons. The number of nitrogens with one attached hydrogen (secondary N) is 2. The molecule has 1 aromatic heterocycles. The zero-order valence-electron chi connectivity index (χ0n) is 19.1. The Hall–Kier alpha value is -3.79. The molecule has 0 aliphatic carbocycles. The van der Waals surface area contributed by atoms with E-state index < -0.39 is 17.5 Å². The van der Waals surface area contributed by atoms with E-state index in [1.165, 1.54) is 30.0 Å². The van der Waals surface area contributed by atoms with Gasteiger partial charge < -0.3 is 24.8 Å². The fourth-order valence-electron chi connectivity index (χ4n) is 3.96. The normalized spacial score (nSPS) is 13.6. The van der Waals surface area contributed by atoms with E-state index in [0.29, 0.717) is 24.3 Å². The van der Waals surface area contributed by atoms with Crippen molar-refractivity contribution in [3.05, 3.63) is 65.1 Å². The number of aryl methyl sites for hydroxylation is 1. The second-order valence-corrected chi connectivity index (χ2v) is 8.00. The van der Waals surface area contributed by atoms with Gasteiger partial charge in [-0.2, -0.15) is 4.39 Å². The van der Waals surface area contributed by atoms with Gasteiger partial charge in [-0.3, -0.25) is 9.59 Å². The van der Waals surface area contributed by atoms with Crippen molar-refractivity contribution in [1.82, 2.24) is 19.8 Å². The number of ether oxygens (including phenoxy) is 1. The maximum absolute atomic E-state index is 14.5. The van der Waals surface area contributed by atoms with Crippen LogP contribution in [-0.2, 0) is 7.05 Å². The Morgan fingerprint density at radius 3 is 2.53 bits per heavy atom. The van der Waals surface area contributed by atoms with Gasteiger partial charge in [-0.25, -0.2) is 9.37 Å². The van der Waals surface area contributed by atoms with Crippen LogP contribution in [-0.4, -0.2) is 59.6 Å². The number of piperazine rings is 1. The molecule has 0 spiro atoms. The van der Waals surface area contributed by atoms with Gasteiger partial charge in [0.1, 0.15) is 0 Å². The second-order valence-electron chi connectivity index (χ2n) is 8.00. The number of hydrogen-bond acceptors (Lipinski definition) is 5. The van der Waals surface area contributed by atoms with Gasteiger partial charge in [-0.1, -0.05) is 0 Å². The number of amides is 2. The van der Waals surface area contributed by atoms with Gasteiger partial charge in [0.05, 0.1) is 19.0 Å². The lowest BCUT2D eigenvalue weighted by molar-refractivity contribution is 0.0735. The molecule has 2 amide bonds. The van der Waals surface area contributed by atoms with Crippen molar-refractivity contribution in [2.24, 2.45) is 7.05 Å². The largest absolute Gasteiger partial charge is 0.494 e. The van der Waals surface area contributed by atoms with Crippen LogP contribution in [0, 0.1) is 18.6 Å². The summed E-state index contributed by atoms with van der Waals surface area (Å²) in [5.41, 5.74) is 2.00. The van der Waals surface area contributed by atoms with Crippen LogP contribution in [0.5, 0.6) is 5.75 Å². The van der Waals surface area contributed by atoms with Gasteiger partial charge in [0, 0.05) is 50.0 Å². The highest BCUT2D eigenvalue weighted by molar-refractivity contribution is 6.03. The minimum atomic E-state index is -1.11. The predicted molar refractivity (Wildman–Crippen MR) is 123 cm³/mol. The molecule has 0 saturated carbocycles. The molecule has 10 heteroatoms. The Morgan fingerprint density at radius 1 is 1.12 bits per heavy atom. The highest BCUT2D eigenvalue weighted by atomic mass is 19.2. The number of halogens is 2. The van der Waals surface area contributed by atoms with E-state index in [0.717, 1.165) is 18.7 Å². The topological polar surface area (TPSA) is 88.5 Å². The van der Waals surface area contributed by atoms with Crippen LogP contribution in [0.3, 0.4) is 0 Å². The zero-order valence-corrected chi connectivity index (χ0v) is 19.1. The summed E-state index contributed by atoms with van der Waals surface area (Å²) in [5.74, 6) is -2.96. The Kier molecular flexibility index (Phi) is 6.60. The van der Waals surface area contributed by atoms with Gasteiger partial charge in [-0.05, 0) is 42.8 Å². The molecule has 1 fully saturated rings. The average Bonchev–Trinajstić information content (AvgIpc) is 3.22. The molecule has 1 aliphatic heterocycles. The summed E-state index contributed by atoms with van der Waals surface area (Å²) in [6, 6.07) is 7.74. The fourth-order valence-corrected chi connectivity index (χ4v) is 3.96. The number of carbonyl (C=O) groups is 2. The third-order valence-corrected chi connectivity index (χ3v) is 5.85. The molecule has 0 bridgehead atoms. The lowest BCUT2D eigenvalue weighted by atomic mass is 10.1. The van der Waals surface area contributed by atoms with Crippen LogP contribution in [0.2, 0.25) is 0 Å². The summed E-state index contributed by atoms with van der Waals surface area (Å²) in [6.07, 6.45) is 1.31. The van der Waals surface area contributed by atoms with Gasteiger partial charge in [0.2, 0.25) is 5.82 Å². The number of aromatic nitrogens is 2. The van der Waals surface area contributed by atoms with Crippen LogP contribution in [0.25, 0.3) is 11.3 Å². The molecule has 1 saturated heterocycles.